The van der Waals surface area contributed by atoms with Gasteiger partial charge in [0.2, 0.25) is 0 Å². The molecule has 4 nitrogen and oxygen atoms in total. The molecule has 0 rings (SSSR count). The van der Waals surface area contributed by atoms with Crippen molar-refractivity contribution in [3.63, 3.8) is 0 Å². The van der Waals surface area contributed by atoms with Gasteiger partial charge in [-0.25, -0.2) is 9.59 Å². The first-order valence-corrected chi connectivity index (χ1v) is 5.74. The summed E-state index contributed by atoms with van der Waals surface area (Å²) in [5.41, 5.74) is 0. The van der Waals surface area contributed by atoms with Crippen LogP contribution in [0.4, 0.5) is 0 Å². The van der Waals surface area contributed by atoms with Crippen molar-refractivity contribution < 1.29 is 38.9 Å². The van der Waals surface area contributed by atoms with Crippen molar-refractivity contribution in [2.45, 2.75) is 45.4 Å². The van der Waals surface area contributed by atoms with E-state index in [0.29, 0.717) is 6.61 Å². The van der Waals surface area contributed by atoms with E-state index in [0.717, 1.165) is 31.4 Å². The molecule has 0 aromatic carbocycles. The molecule has 0 bridgehead atoms. The number of carboxylic acids is 1. The smallest absolute Gasteiger partial charge is 0.331 e. The van der Waals surface area contributed by atoms with Crippen LogP contribution in [-0.2, 0) is 33.8 Å². The van der Waals surface area contributed by atoms with Crippen LogP contribution in [0.2, 0.25) is 0 Å². The Labute approximate surface area is 115 Å². The van der Waals surface area contributed by atoms with Gasteiger partial charge in [0.25, 0.3) is 0 Å². The van der Waals surface area contributed by atoms with Gasteiger partial charge in [-0.15, -0.1) is 0 Å². The summed E-state index contributed by atoms with van der Waals surface area (Å²) < 4.78 is 4.81. The standard InChI is InChI=1S/C12H20O4.Zn/c1-2-3-4-5-6-7-10-16-12(15)9-8-11(13)14;/h8-9H,2-7,10H2,1H3,(H,13,14);/b9-8-;. The summed E-state index contributed by atoms with van der Waals surface area (Å²) >= 11 is 0. The molecule has 17 heavy (non-hydrogen) atoms. The summed E-state index contributed by atoms with van der Waals surface area (Å²) in [6.45, 7) is 2.53. The average molecular weight is 294 g/mol. The summed E-state index contributed by atoms with van der Waals surface area (Å²) in [7, 11) is 0. The number of aliphatic carboxylic acids is 1. The van der Waals surface area contributed by atoms with Crippen molar-refractivity contribution in [3.05, 3.63) is 12.2 Å². The van der Waals surface area contributed by atoms with Gasteiger partial charge < -0.3 is 9.84 Å². The molecule has 0 heterocycles. The van der Waals surface area contributed by atoms with Crippen LogP contribution in [0.3, 0.4) is 0 Å². The van der Waals surface area contributed by atoms with E-state index in [4.69, 9.17) is 9.84 Å². The Kier molecular flexibility index (Phi) is 14.7. The van der Waals surface area contributed by atoms with Crippen molar-refractivity contribution in [1.82, 2.24) is 0 Å². The fraction of sp³-hybridized carbons (Fsp3) is 0.667. The Bertz CT molecular complexity index is 239. The maximum absolute atomic E-state index is 10.9. The first-order valence-electron chi connectivity index (χ1n) is 5.74. The first kappa shape index (κ1) is 18.7. The number of unbranched alkanes of at least 4 members (excludes halogenated alkanes) is 5. The maximum Gasteiger partial charge on any atom is 0.331 e. The molecule has 0 aromatic rings. The molecule has 0 amide bonds. The van der Waals surface area contributed by atoms with E-state index in [1.165, 1.54) is 19.3 Å². The van der Waals surface area contributed by atoms with Gasteiger partial charge >= 0.3 is 11.9 Å². The Morgan fingerprint density at radius 1 is 1.06 bits per heavy atom. The van der Waals surface area contributed by atoms with Crippen LogP contribution >= 0.6 is 0 Å². The van der Waals surface area contributed by atoms with E-state index >= 15 is 0 Å². The molecule has 0 aliphatic heterocycles. The van der Waals surface area contributed by atoms with E-state index in [1.54, 1.807) is 0 Å². The molecular weight excluding hydrogens is 274 g/mol. The number of ether oxygens (including phenoxy) is 1. The third kappa shape index (κ3) is 15.3. The summed E-state index contributed by atoms with van der Waals surface area (Å²) in [5.74, 6) is -1.73. The zero-order valence-electron chi connectivity index (χ0n) is 10.5. The fourth-order valence-electron chi connectivity index (χ4n) is 1.24. The van der Waals surface area contributed by atoms with E-state index in [-0.39, 0.29) is 19.5 Å². The molecular formula is C12H20O4Zn. The second kappa shape index (κ2) is 13.4. The molecule has 0 fully saturated rings. The van der Waals surface area contributed by atoms with Gasteiger partial charge in [-0.1, -0.05) is 39.0 Å². The molecule has 0 radical (unpaired) electrons. The molecule has 0 aromatic heterocycles. The molecule has 0 unspecified atom stereocenters. The van der Waals surface area contributed by atoms with Crippen LogP contribution in [0.25, 0.3) is 0 Å². The number of hydrogen-bond donors (Lipinski definition) is 1. The fourth-order valence-corrected chi connectivity index (χ4v) is 1.24. The maximum atomic E-state index is 10.9. The number of carbonyl (C=O) groups excluding carboxylic acids is 1. The number of hydrogen-bond acceptors (Lipinski definition) is 3. The van der Waals surface area contributed by atoms with Gasteiger partial charge in [0.05, 0.1) is 6.61 Å². The summed E-state index contributed by atoms with van der Waals surface area (Å²) in [6.07, 6.45) is 8.46. The van der Waals surface area contributed by atoms with Crippen LogP contribution in [0.1, 0.15) is 45.4 Å². The Morgan fingerprint density at radius 2 is 1.65 bits per heavy atom. The molecule has 0 spiro atoms. The molecule has 0 aliphatic carbocycles. The average Bonchev–Trinajstić information content (AvgIpc) is 2.25. The van der Waals surface area contributed by atoms with Crippen molar-refractivity contribution >= 4 is 11.9 Å². The van der Waals surface area contributed by atoms with E-state index < -0.39 is 11.9 Å². The van der Waals surface area contributed by atoms with Crippen molar-refractivity contribution in [1.29, 1.82) is 0 Å². The zero-order chi connectivity index (χ0) is 12.2. The van der Waals surface area contributed by atoms with Gasteiger partial charge in [-0.05, 0) is 6.42 Å². The topological polar surface area (TPSA) is 63.6 Å². The van der Waals surface area contributed by atoms with Crippen molar-refractivity contribution in [3.8, 4) is 0 Å². The van der Waals surface area contributed by atoms with Crippen LogP contribution in [0.15, 0.2) is 12.2 Å². The van der Waals surface area contributed by atoms with Gasteiger partial charge in [0.1, 0.15) is 0 Å². The predicted octanol–water partition coefficient (Wildman–Crippen LogP) is 2.53. The van der Waals surface area contributed by atoms with Crippen molar-refractivity contribution in [2.24, 2.45) is 0 Å². The monoisotopic (exact) mass is 292 g/mol. The van der Waals surface area contributed by atoms with Crippen LogP contribution in [0.5, 0.6) is 0 Å². The summed E-state index contributed by atoms with van der Waals surface area (Å²) in [4.78, 5) is 21.0. The molecule has 94 valence electrons. The largest absolute Gasteiger partial charge is 0.478 e. The van der Waals surface area contributed by atoms with Gasteiger partial charge in [0, 0.05) is 31.6 Å². The van der Waals surface area contributed by atoms with Crippen LogP contribution in [-0.4, -0.2) is 23.7 Å². The first-order chi connectivity index (χ1) is 7.66. The molecule has 0 aliphatic rings. The zero-order valence-corrected chi connectivity index (χ0v) is 13.5. The number of esters is 1. The van der Waals surface area contributed by atoms with Crippen LogP contribution < -0.4 is 0 Å². The molecule has 5 heteroatoms. The molecule has 0 atom stereocenters. The number of carboxylic acid groups (broad SMARTS) is 1. The SMILES string of the molecule is CCCCCCCCOC(=O)/C=C\C(=O)O.[Zn]. The third-order valence-corrected chi connectivity index (χ3v) is 2.10. The van der Waals surface area contributed by atoms with E-state index in [2.05, 4.69) is 6.92 Å². The second-order valence-electron chi connectivity index (χ2n) is 3.61. The Hall–Kier alpha value is -0.697. The second-order valence-corrected chi connectivity index (χ2v) is 3.61. The summed E-state index contributed by atoms with van der Waals surface area (Å²) in [6, 6.07) is 0. The number of carbonyl (C=O) groups is 2. The quantitative estimate of drug-likeness (QED) is 0.307. The van der Waals surface area contributed by atoms with E-state index in [1.807, 2.05) is 0 Å². The van der Waals surface area contributed by atoms with Gasteiger partial charge in [-0.3, -0.25) is 0 Å². The molecule has 0 saturated carbocycles. The number of rotatable bonds is 9. The molecule has 0 saturated heterocycles. The van der Waals surface area contributed by atoms with Crippen LogP contribution in [0, 0.1) is 0 Å². The minimum Gasteiger partial charge on any atom is -0.478 e. The normalized spacial score (nSPS) is 9.94. The van der Waals surface area contributed by atoms with Gasteiger partial charge in [-0.2, -0.15) is 0 Å². The Balaban J connectivity index is 0. The van der Waals surface area contributed by atoms with Crippen molar-refractivity contribution in [2.75, 3.05) is 6.61 Å². The van der Waals surface area contributed by atoms with Gasteiger partial charge in [0.15, 0.2) is 0 Å². The minimum atomic E-state index is -1.14. The Morgan fingerprint density at radius 3 is 2.24 bits per heavy atom. The third-order valence-electron chi connectivity index (χ3n) is 2.10. The predicted molar refractivity (Wildman–Crippen MR) is 61.1 cm³/mol. The van der Waals surface area contributed by atoms with E-state index in [9.17, 15) is 9.59 Å². The summed E-state index contributed by atoms with van der Waals surface area (Å²) in [5, 5.41) is 8.26. The molecule has 1 N–H and O–H groups in total. The minimum absolute atomic E-state index is 0.